The summed E-state index contributed by atoms with van der Waals surface area (Å²) in [5.74, 6) is -4.29. The van der Waals surface area contributed by atoms with E-state index in [2.05, 4.69) is 4.98 Å². The number of rotatable bonds is 3. The molecule has 1 aliphatic heterocycles. The number of hydrogen-bond donors (Lipinski definition) is 2. The number of nitrogens with one attached hydrogen (secondary N) is 1. The van der Waals surface area contributed by atoms with Gasteiger partial charge in [-0.05, 0) is 30.9 Å². The fourth-order valence-corrected chi connectivity index (χ4v) is 4.91. The van der Waals surface area contributed by atoms with E-state index in [4.69, 9.17) is 10.5 Å². The minimum absolute atomic E-state index is 0.0143. The van der Waals surface area contributed by atoms with Crippen molar-refractivity contribution in [2.45, 2.75) is 43.7 Å². The number of H-pyrrole nitrogens is 1. The lowest BCUT2D eigenvalue weighted by Crippen LogP contribution is -2.47. The van der Waals surface area contributed by atoms with E-state index in [0.29, 0.717) is 0 Å². The fourth-order valence-electron chi connectivity index (χ4n) is 4.91. The molecule has 1 aromatic heterocycles. The maximum Gasteiger partial charge on any atom is 0.329 e. The summed E-state index contributed by atoms with van der Waals surface area (Å²) in [4.78, 5) is 28.8. The number of fused-ring (bicyclic) bond motifs is 2. The average molecular weight is 436 g/mol. The number of ether oxygens (including phenoxy) is 1. The highest BCUT2D eigenvalue weighted by atomic mass is 19.3. The molecule has 31 heavy (non-hydrogen) atoms. The third kappa shape index (κ3) is 3.07. The molecule has 0 bridgehead atoms. The third-order valence-corrected chi connectivity index (χ3v) is 6.61. The van der Waals surface area contributed by atoms with Gasteiger partial charge < -0.3 is 15.4 Å². The van der Waals surface area contributed by atoms with Crippen LogP contribution in [0.4, 0.5) is 18.9 Å². The van der Waals surface area contributed by atoms with Gasteiger partial charge in [-0.1, -0.05) is 6.08 Å². The highest BCUT2D eigenvalue weighted by molar-refractivity contribution is 5.91. The standard InChI is InChI=1S/C21H23F3N4O3/c1-31-17-15-12(19(29)26-20(30)28(15)11-4-5-11)7-14(22)16(17)27-8-10-3-2-6-21(23,24)18(25)13(10)9-27/h3,7,11,13,18H,2,4-6,8-9,25H2,1H3,(H,26,29,30). The van der Waals surface area contributed by atoms with Gasteiger partial charge in [0.15, 0.2) is 11.6 Å². The second-order valence-electron chi connectivity index (χ2n) is 8.59. The molecular formula is C21H23F3N4O3. The zero-order valence-electron chi connectivity index (χ0n) is 17.0. The molecule has 1 aromatic carbocycles. The van der Waals surface area contributed by atoms with E-state index >= 15 is 4.39 Å². The van der Waals surface area contributed by atoms with Crippen LogP contribution in [0.3, 0.4) is 0 Å². The van der Waals surface area contributed by atoms with E-state index in [9.17, 15) is 18.4 Å². The molecule has 2 aromatic rings. The Kier molecular flexibility index (Phi) is 4.47. The average Bonchev–Trinajstić information content (AvgIpc) is 3.47. The SMILES string of the molecule is COc1c(N2CC3=CCCC(F)(F)C(N)C3C2)c(F)cc2c(=O)[nH]c(=O)n(C3CC3)c12. The summed E-state index contributed by atoms with van der Waals surface area (Å²) in [7, 11) is 1.34. The molecule has 0 radical (unpaired) electrons. The minimum atomic E-state index is -3.01. The molecule has 0 amide bonds. The number of allylic oxidation sites excluding steroid dienone is 1. The number of aromatic nitrogens is 2. The van der Waals surface area contributed by atoms with Gasteiger partial charge in [0.1, 0.15) is 11.2 Å². The van der Waals surface area contributed by atoms with Gasteiger partial charge in [0, 0.05) is 31.5 Å². The number of nitrogens with two attached hydrogens (primary N) is 1. The molecular weight excluding hydrogens is 413 g/mol. The smallest absolute Gasteiger partial charge is 0.329 e. The monoisotopic (exact) mass is 436 g/mol. The first-order valence-electron chi connectivity index (χ1n) is 10.3. The summed E-state index contributed by atoms with van der Waals surface area (Å²) in [5, 5.41) is 0.0143. The Hall–Kier alpha value is -2.75. The molecule has 0 spiro atoms. The van der Waals surface area contributed by atoms with Crippen molar-refractivity contribution in [3.8, 4) is 5.75 Å². The number of aromatic amines is 1. The number of halogens is 3. The van der Waals surface area contributed by atoms with Crippen LogP contribution in [0, 0.1) is 11.7 Å². The van der Waals surface area contributed by atoms with Crippen LogP contribution < -0.4 is 26.6 Å². The number of benzene rings is 1. The molecule has 166 valence electrons. The topological polar surface area (TPSA) is 93.3 Å². The van der Waals surface area contributed by atoms with Crippen molar-refractivity contribution < 1.29 is 17.9 Å². The van der Waals surface area contributed by atoms with Crippen LogP contribution in [0.5, 0.6) is 5.75 Å². The van der Waals surface area contributed by atoms with Crippen molar-refractivity contribution in [1.29, 1.82) is 0 Å². The number of alkyl halides is 2. The van der Waals surface area contributed by atoms with Crippen LogP contribution in [-0.2, 0) is 0 Å². The first kappa shape index (κ1) is 20.2. The number of nitrogens with zero attached hydrogens (tertiary/aromatic N) is 2. The second kappa shape index (κ2) is 6.88. The van der Waals surface area contributed by atoms with Crippen molar-refractivity contribution in [3.63, 3.8) is 0 Å². The summed E-state index contributed by atoms with van der Waals surface area (Å²) >= 11 is 0. The summed E-state index contributed by atoms with van der Waals surface area (Å²) in [6, 6.07) is -0.381. The van der Waals surface area contributed by atoms with Crippen molar-refractivity contribution >= 4 is 16.6 Å². The van der Waals surface area contributed by atoms with Crippen molar-refractivity contribution in [1.82, 2.24) is 9.55 Å². The van der Waals surface area contributed by atoms with E-state index in [1.54, 1.807) is 11.0 Å². The van der Waals surface area contributed by atoms with E-state index in [1.807, 2.05) is 0 Å². The van der Waals surface area contributed by atoms with Crippen LogP contribution in [0.15, 0.2) is 27.3 Å². The first-order valence-corrected chi connectivity index (χ1v) is 10.3. The van der Waals surface area contributed by atoms with Gasteiger partial charge in [-0.15, -0.1) is 0 Å². The lowest BCUT2D eigenvalue weighted by Gasteiger charge is -2.28. The van der Waals surface area contributed by atoms with Gasteiger partial charge in [0.2, 0.25) is 0 Å². The molecule has 3 N–H and O–H groups in total. The highest BCUT2D eigenvalue weighted by Gasteiger charge is 2.47. The molecule has 2 aliphatic carbocycles. The zero-order chi connectivity index (χ0) is 22.1. The van der Waals surface area contributed by atoms with Gasteiger partial charge in [0.05, 0.1) is 18.5 Å². The van der Waals surface area contributed by atoms with Crippen LogP contribution in [-0.4, -0.2) is 41.7 Å². The Balaban J connectivity index is 1.69. The van der Waals surface area contributed by atoms with Crippen LogP contribution >= 0.6 is 0 Å². The van der Waals surface area contributed by atoms with Crippen molar-refractivity contribution in [3.05, 3.63) is 44.4 Å². The summed E-state index contributed by atoms with van der Waals surface area (Å²) in [6.45, 7) is 0.322. The normalized spacial score (nSPS) is 25.3. The van der Waals surface area contributed by atoms with E-state index in [-0.39, 0.29) is 54.3 Å². The molecule has 5 rings (SSSR count). The quantitative estimate of drug-likeness (QED) is 0.721. The second-order valence-corrected chi connectivity index (χ2v) is 8.59. The van der Waals surface area contributed by atoms with Gasteiger partial charge in [0.25, 0.3) is 11.5 Å². The molecule has 2 atom stereocenters. The molecule has 2 fully saturated rings. The Morgan fingerprint density at radius 3 is 2.71 bits per heavy atom. The molecule has 1 saturated heterocycles. The van der Waals surface area contributed by atoms with E-state index in [0.717, 1.165) is 24.5 Å². The Morgan fingerprint density at radius 1 is 1.29 bits per heavy atom. The van der Waals surface area contributed by atoms with Crippen molar-refractivity contribution in [2.24, 2.45) is 11.7 Å². The maximum atomic E-state index is 15.3. The Labute approximate surface area is 175 Å². The van der Waals surface area contributed by atoms with Crippen LogP contribution in [0.2, 0.25) is 0 Å². The zero-order valence-corrected chi connectivity index (χ0v) is 17.0. The predicted octanol–water partition coefficient (Wildman–Crippen LogP) is 2.29. The number of hydrogen-bond acceptors (Lipinski definition) is 5. The van der Waals surface area contributed by atoms with Gasteiger partial charge in [-0.3, -0.25) is 14.3 Å². The molecule has 10 heteroatoms. The lowest BCUT2D eigenvalue weighted by molar-refractivity contribution is -0.0402. The number of methoxy groups -OCH3 is 1. The highest BCUT2D eigenvalue weighted by Crippen LogP contribution is 2.45. The summed E-state index contributed by atoms with van der Waals surface area (Å²) in [5.41, 5.74) is 5.67. The van der Waals surface area contributed by atoms with E-state index in [1.165, 1.54) is 11.7 Å². The third-order valence-electron chi connectivity index (χ3n) is 6.61. The lowest BCUT2D eigenvalue weighted by atomic mass is 9.92. The Morgan fingerprint density at radius 2 is 2.03 bits per heavy atom. The van der Waals surface area contributed by atoms with Gasteiger partial charge >= 0.3 is 5.69 Å². The molecule has 1 saturated carbocycles. The molecule has 2 unspecified atom stereocenters. The van der Waals surface area contributed by atoms with Crippen LogP contribution in [0.25, 0.3) is 10.9 Å². The largest absolute Gasteiger partial charge is 0.492 e. The van der Waals surface area contributed by atoms with Gasteiger partial charge in [-0.2, -0.15) is 0 Å². The fraction of sp³-hybridized carbons (Fsp3) is 0.524. The predicted molar refractivity (Wildman–Crippen MR) is 110 cm³/mol. The number of anilines is 1. The maximum absolute atomic E-state index is 15.3. The Bertz CT molecular complexity index is 1220. The first-order chi connectivity index (χ1) is 14.7. The molecule has 3 aliphatic rings. The summed E-state index contributed by atoms with van der Waals surface area (Å²) in [6.07, 6.45) is 3.19. The van der Waals surface area contributed by atoms with Crippen LogP contribution in [0.1, 0.15) is 31.7 Å². The minimum Gasteiger partial charge on any atom is -0.492 e. The van der Waals surface area contributed by atoms with E-state index < -0.39 is 34.9 Å². The van der Waals surface area contributed by atoms with Gasteiger partial charge in [-0.25, -0.2) is 18.0 Å². The summed E-state index contributed by atoms with van der Waals surface area (Å²) < 4.78 is 51.0. The van der Waals surface area contributed by atoms with Crippen molar-refractivity contribution in [2.75, 3.05) is 25.1 Å². The molecule has 2 heterocycles. The molecule has 7 nitrogen and oxygen atoms in total.